The summed E-state index contributed by atoms with van der Waals surface area (Å²) in [5.74, 6) is 0. The minimum Gasteiger partial charge on any atom is -0.340 e. The molecule has 1 N–H and O–H groups in total. The maximum absolute atomic E-state index is 4.54. The monoisotopic (exact) mass is 285 g/mol. The number of aryl methyl sites for hydroxylation is 4. The van der Waals surface area contributed by atoms with Gasteiger partial charge in [-0.05, 0) is 56.8 Å². The average molecular weight is 285 g/mol. The van der Waals surface area contributed by atoms with Gasteiger partial charge in [-0.3, -0.25) is 0 Å². The first-order valence-corrected chi connectivity index (χ1v) is 7.79. The smallest absolute Gasteiger partial charge is 0.0947 e. The Bertz CT molecular complexity index is 575. The lowest BCUT2D eigenvalue weighted by atomic mass is 9.93. The lowest BCUT2D eigenvalue weighted by Gasteiger charge is -2.20. The fourth-order valence-electron chi connectivity index (χ4n) is 2.95. The predicted molar refractivity (Wildman–Crippen MR) is 88.6 cm³/mol. The van der Waals surface area contributed by atoms with Crippen molar-refractivity contribution in [3.05, 3.63) is 52.6 Å². The summed E-state index contributed by atoms with van der Waals surface area (Å²) in [5, 5.41) is 3.64. The molecule has 1 aromatic carbocycles. The van der Waals surface area contributed by atoms with Gasteiger partial charge in [-0.1, -0.05) is 24.6 Å². The summed E-state index contributed by atoms with van der Waals surface area (Å²) in [6.07, 6.45) is 6.13. The normalized spacial score (nSPS) is 12.6. The Morgan fingerprint density at radius 2 is 1.86 bits per heavy atom. The molecule has 1 heterocycles. The van der Waals surface area contributed by atoms with E-state index in [1.165, 1.54) is 22.3 Å². The van der Waals surface area contributed by atoms with Crippen molar-refractivity contribution in [3.8, 4) is 0 Å². The minimum atomic E-state index is 0.284. The first-order chi connectivity index (χ1) is 10.0. The number of imidazole rings is 1. The Balaban J connectivity index is 2.27. The molecule has 0 saturated heterocycles. The van der Waals surface area contributed by atoms with Gasteiger partial charge in [0.1, 0.15) is 0 Å². The number of hydrogen-bond acceptors (Lipinski definition) is 2. The van der Waals surface area contributed by atoms with Crippen LogP contribution in [0.25, 0.3) is 0 Å². The Morgan fingerprint density at radius 3 is 2.38 bits per heavy atom. The highest BCUT2D eigenvalue weighted by Crippen LogP contribution is 2.23. The molecule has 21 heavy (non-hydrogen) atoms. The number of hydrogen-bond donors (Lipinski definition) is 1. The first kappa shape index (κ1) is 15.8. The van der Waals surface area contributed by atoms with Crippen molar-refractivity contribution in [2.45, 2.75) is 46.6 Å². The van der Waals surface area contributed by atoms with E-state index in [9.17, 15) is 0 Å². The largest absolute Gasteiger partial charge is 0.340 e. The Hall–Kier alpha value is -1.61. The highest BCUT2D eigenvalue weighted by molar-refractivity contribution is 5.38. The molecule has 1 atom stereocenters. The summed E-state index contributed by atoms with van der Waals surface area (Å²) in [7, 11) is 2.02. The zero-order chi connectivity index (χ0) is 15.4. The molecule has 0 radical (unpaired) electrons. The molecule has 0 amide bonds. The molecule has 0 aliphatic heterocycles. The molecule has 114 valence electrons. The standard InChI is InChI=1S/C18H27N3/c1-6-7-19-17(18-11-21(5)12-20-18)10-16-14(3)8-13(2)9-15(16)4/h8-9,11-12,17,19H,6-7,10H2,1-5H3. The number of nitrogens with zero attached hydrogens (tertiary/aromatic N) is 2. The van der Waals surface area contributed by atoms with E-state index in [2.05, 4.69) is 56.3 Å². The molecule has 0 saturated carbocycles. The van der Waals surface area contributed by atoms with E-state index >= 15 is 0 Å². The summed E-state index contributed by atoms with van der Waals surface area (Å²) in [6.45, 7) is 9.81. The van der Waals surface area contributed by atoms with Crippen LogP contribution in [0.4, 0.5) is 0 Å². The third-order valence-electron chi connectivity index (χ3n) is 3.97. The fraction of sp³-hybridized carbons (Fsp3) is 0.500. The van der Waals surface area contributed by atoms with Gasteiger partial charge in [-0.2, -0.15) is 0 Å². The summed E-state index contributed by atoms with van der Waals surface area (Å²) < 4.78 is 2.02. The summed E-state index contributed by atoms with van der Waals surface area (Å²) >= 11 is 0. The van der Waals surface area contributed by atoms with E-state index in [0.29, 0.717) is 0 Å². The van der Waals surface area contributed by atoms with Gasteiger partial charge in [-0.15, -0.1) is 0 Å². The molecule has 0 spiro atoms. The SMILES string of the molecule is CCCNC(Cc1c(C)cc(C)cc1C)c1cn(C)cn1. The molecule has 1 unspecified atom stereocenters. The van der Waals surface area contributed by atoms with Crippen LogP contribution in [-0.4, -0.2) is 16.1 Å². The molecule has 3 heteroatoms. The van der Waals surface area contributed by atoms with Crippen LogP contribution in [-0.2, 0) is 13.5 Å². The molecule has 0 fully saturated rings. The highest BCUT2D eigenvalue weighted by atomic mass is 15.0. The maximum Gasteiger partial charge on any atom is 0.0947 e. The molecular formula is C18H27N3. The van der Waals surface area contributed by atoms with E-state index in [4.69, 9.17) is 0 Å². The summed E-state index contributed by atoms with van der Waals surface area (Å²) in [4.78, 5) is 4.54. The quantitative estimate of drug-likeness (QED) is 0.878. The van der Waals surface area contributed by atoms with Crippen LogP contribution in [0.15, 0.2) is 24.7 Å². The van der Waals surface area contributed by atoms with Gasteiger partial charge in [0.15, 0.2) is 0 Å². The molecule has 0 aliphatic carbocycles. The van der Waals surface area contributed by atoms with E-state index in [-0.39, 0.29) is 6.04 Å². The van der Waals surface area contributed by atoms with Crippen LogP contribution in [0.3, 0.4) is 0 Å². The third-order valence-corrected chi connectivity index (χ3v) is 3.97. The third kappa shape index (κ3) is 3.94. The van der Waals surface area contributed by atoms with Gasteiger partial charge in [0, 0.05) is 13.2 Å². The number of nitrogens with one attached hydrogen (secondary N) is 1. The average Bonchev–Trinajstić information content (AvgIpc) is 2.83. The van der Waals surface area contributed by atoms with Crippen molar-refractivity contribution in [2.75, 3.05) is 6.54 Å². The summed E-state index contributed by atoms with van der Waals surface area (Å²) in [5.41, 5.74) is 6.67. The second-order valence-corrected chi connectivity index (χ2v) is 6.05. The molecule has 1 aromatic heterocycles. The van der Waals surface area contributed by atoms with E-state index in [1.807, 2.05) is 17.9 Å². The minimum absolute atomic E-state index is 0.284. The second-order valence-electron chi connectivity index (χ2n) is 6.05. The fourth-order valence-corrected chi connectivity index (χ4v) is 2.95. The van der Waals surface area contributed by atoms with Crippen molar-refractivity contribution >= 4 is 0 Å². The predicted octanol–water partition coefficient (Wildman–Crippen LogP) is 3.63. The molecule has 0 bridgehead atoms. The molecule has 2 aromatic rings. The van der Waals surface area contributed by atoms with Gasteiger partial charge in [0.25, 0.3) is 0 Å². The Morgan fingerprint density at radius 1 is 1.19 bits per heavy atom. The molecule has 2 rings (SSSR count). The second kappa shape index (κ2) is 6.90. The zero-order valence-corrected chi connectivity index (χ0v) is 13.9. The van der Waals surface area contributed by atoms with Crippen LogP contribution in [0, 0.1) is 20.8 Å². The van der Waals surface area contributed by atoms with Crippen LogP contribution in [0.2, 0.25) is 0 Å². The van der Waals surface area contributed by atoms with Crippen molar-refractivity contribution in [2.24, 2.45) is 7.05 Å². The van der Waals surface area contributed by atoms with Gasteiger partial charge < -0.3 is 9.88 Å². The molecular weight excluding hydrogens is 258 g/mol. The Labute approximate surface area is 128 Å². The lowest BCUT2D eigenvalue weighted by molar-refractivity contribution is 0.517. The van der Waals surface area contributed by atoms with E-state index < -0.39 is 0 Å². The molecule has 3 nitrogen and oxygen atoms in total. The van der Waals surface area contributed by atoms with Gasteiger partial charge in [0.05, 0.1) is 18.1 Å². The number of aromatic nitrogens is 2. The maximum atomic E-state index is 4.54. The van der Waals surface area contributed by atoms with Crippen LogP contribution < -0.4 is 5.32 Å². The topological polar surface area (TPSA) is 29.9 Å². The lowest BCUT2D eigenvalue weighted by Crippen LogP contribution is -2.25. The van der Waals surface area contributed by atoms with Gasteiger partial charge in [-0.25, -0.2) is 4.98 Å². The van der Waals surface area contributed by atoms with Crippen molar-refractivity contribution in [3.63, 3.8) is 0 Å². The van der Waals surface area contributed by atoms with E-state index in [0.717, 1.165) is 25.1 Å². The van der Waals surface area contributed by atoms with Crippen LogP contribution in [0.1, 0.15) is 47.3 Å². The molecule has 0 aliphatic rings. The van der Waals surface area contributed by atoms with Crippen molar-refractivity contribution in [1.29, 1.82) is 0 Å². The van der Waals surface area contributed by atoms with Gasteiger partial charge >= 0.3 is 0 Å². The Kier molecular flexibility index (Phi) is 5.18. The number of benzene rings is 1. The zero-order valence-electron chi connectivity index (χ0n) is 13.9. The highest BCUT2D eigenvalue weighted by Gasteiger charge is 2.16. The number of rotatable bonds is 6. The van der Waals surface area contributed by atoms with Crippen molar-refractivity contribution in [1.82, 2.24) is 14.9 Å². The first-order valence-electron chi connectivity index (χ1n) is 7.79. The van der Waals surface area contributed by atoms with Gasteiger partial charge in [0.2, 0.25) is 0 Å². The van der Waals surface area contributed by atoms with E-state index in [1.54, 1.807) is 0 Å². The van der Waals surface area contributed by atoms with Crippen LogP contribution >= 0.6 is 0 Å². The van der Waals surface area contributed by atoms with Crippen molar-refractivity contribution < 1.29 is 0 Å². The summed E-state index contributed by atoms with van der Waals surface area (Å²) in [6, 6.07) is 4.83. The van der Waals surface area contributed by atoms with Crippen LogP contribution in [0.5, 0.6) is 0 Å².